The highest BCUT2D eigenvalue weighted by Gasteiger charge is 2.29. The van der Waals surface area contributed by atoms with Crippen LogP contribution in [0.15, 0.2) is 72.7 Å². The molecule has 0 fully saturated rings. The second-order valence-corrected chi connectivity index (χ2v) is 8.67. The zero-order valence-electron chi connectivity index (χ0n) is 15.1. The summed E-state index contributed by atoms with van der Waals surface area (Å²) in [4.78, 5) is 44.4. The van der Waals surface area contributed by atoms with E-state index in [2.05, 4.69) is 0 Å². The highest BCUT2D eigenvalue weighted by Crippen LogP contribution is 2.45. The molecule has 5 nitrogen and oxygen atoms in total. The van der Waals surface area contributed by atoms with Crippen LogP contribution in [0.2, 0.25) is 0 Å². The summed E-state index contributed by atoms with van der Waals surface area (Å²) in [6.07, 6.45) is 0. The first-order valence-corrected chi connectivity index (χ1v) is 10.3. The van der Waals surface area contributed by atoms with Crippen molar-refractivity contribution in [2.45, 2.75) is 9.79 Å². The van der Waals surface area contributed by atoms with E-state index < -0.39 is 16.3 Å². The molecule has 0 aliphatic carbocycles. The molecule has 28 heavy (non-hydrogen) atoms. The van der Waals surface area contributed by atoms with Crippen molar-refractivity contribution < 1.29 is 0 Å². The van der Waals surface area contributed by atoms with Crippen LogP contribution in [-0.4, -0.2) is 14.1 Å². The van der Waals surface area contributed by atoms with E-state index in [0.717, 1.165) is 21.2 Å². The lowest BCUT2D eigenvalue weighted by Crippen LogP contribution is -2.41. The van der Waals surface area contributed by atoms with Gasteiger partial charge in [-0.25, -0.2) is 0 Å². The Labute approximate surface area is 168 Å². The molecule has 0 radical (unpaired) electrons. The van der Waals surface area contributed by atoms with Crippen molar-refractivity contribution in [3.05, 3.63) is 89.6 Å². The predicted octanol–water partition coefficient (Wildman–Crippen LogP) is 1.26. The molecule has 0 N–H and O–H groups in total. The van der Waals surface area contributed by atoms with E-state index >= 15 is 0 Å². The number of benzene rings is 2. The summed E-state index contributed by atoms with van der Waals surface area (Å²) in [6, 6.07) is 15.4. The molecule has 3 aromatic carbocycles. The monoisotopic (exact) mass is 406 g/mol. The molecule has 0 unspecified atom stereocenters. The van der Waals surface area contributed by atoms with Gasteiger partial charge in [-0.15, -0.1) is 0 Å². The normalized spacial score (nSPS) is 19.2. The van der Waals surface area contributed by atoms with E-state index in [1.807, 2.05) is 72.4 Å². The third kappa shape index (κ3) is 2.26. The summed E-state index contributed by atoms with van der Waals surface area (Å²) in [5, 5.41) is 0.981. The van der Waals surface area contributed by atoms with Gasteiger partial charge in [0.2, 0.25) is 16.3 Å². The molecule has 138 valence electrons. The lowest BCUT2D eigenvalue weighted by Gasteiger charge is -2.12. The zero-order valence-corrected chi connectivity index (χ0v) is 16.7. The second kappa shape index (κ2) is 6.12. The SMILES string of the molecule is CN1/C(=c2/c(=O)c(=O)/c(=C3/Sc4ccccc4N3C)c2=O)Sc2ccccc21. The quantitative estimate of drug-likeness (QED) is 0.521. The summed E-state index contributed by atoms with van der Waals surface area (Å²) >= 11 is 2.70. The molecule has 3 aromatic rings. The molecule has 0 atom stereocenters. The smallest absolute Gasteiger partial charge is 0.240 e. The lowest BCUT2D eigenvalue weighted by molar-refractivity contribution is 1.22. The highest BCUT2D eigenvalue weighted by molar-refractivity contribution is 8.09. The van der Waals surface area contributed by atoms with Crippen molar-refractivity contribution in [1.82, 2.24) is 0 Å². The van der Waals surface area contributed by atoms with Gasteiger partial charge in [-0.2, -0.15) is 0 Å². The van der Waals surface area contributed by atoms with Gasteiger partial charge in [-0.1, -0.05) is 47.8 Å². The van der Waals surface area contributed by atoms with Crippen LogP contribution >= 0.6 is 23.5 Å². The van der Waals surface area contributed by atoms with Gasteiger partial charge in [0.25, 0.3) is 0 Å². The number of anilines is 2. The maximum absolute atomic E-state index is 13.3. The number of fused-ring (bicyclic) bond motifs is 2. The molecule has 0 saturated carbocycles. The first-order chi connectivity index (χ1) is 13.5. The third-order valence-electron chi connectivity index (χ3n) is 5.02. The zero-order chi connectivity index (χ0) is 19.6. The van der Waals surface area contributed by atoms with E-state index in [0.29, 0.717) is 10.1 Å². The van der Waals surface area contributed by atoms with Gasteiger partial charge < -0.3 is 9.80 Å². The summed E-state index contributed by atoms with van der Waals surface area (Å²) in [5.74, 6) is 0. The first kappa shape index (κ1) is 17.3. The van der Waals surface area contributed by atoms with E-state index in [1.165, 1.54) is 23.5 Å². The molecule has 0 saturated heterocycles. The molecular weight excluding hydrogens is 392 g/mol. The van der Waals surface area contributed by atoms with E-state index in [1.54, 1.807) is 0 Å². The van der Waals surface area contributed by atoms with Crippen LogP contribution in [0.4, 0.5) is 11.4 Å². The van der Waals surface area contributed by atoms with Crippen molar-refractivity contribution in [2.24, 2.45) is 0 Å². The molecule has 2 aliphatic heterocycles. The number of thioether (sulfide) groups is 2. The van der Waals surface area contributed by atoms with E-state index in [9.17, 15) is 14.4 Å². The Morgan fingerprint density at radius 3 is 1.39 bits per heavy atom. The van der Waals surface area contributed by atoms with Crippen LogP contribution in [0, 0.1) is 0 Å². The van der Waals surface area contributed by atoms with Crippen molar-refractivity contribution >= 4 is 45.0 Å². The van der Waals surface area contributed by atoms with Gasteiger partial charge >= 0.3 is 0 Å². The second-order valence-electron chi connectivity index (χ2n) is 6.61. The maximum Gasteiger partial charge on any atom is 0.240 e. The van der Waals surface area contributed by atoms with Crippen molar-refractivity contribution in [2.75, 3.05) is 23.9 Å². The number of rotatable bonds is 0. The fraction of sp³-hybridized carbons (Fsp3) is 0.0952. The van der Waals surface area contributed by atoms with E-state index in [4.69, 9.17) is 0 Å². The molecule has 0 aromatic heterocycles. The highest BCUT2D eigenvalue weighted by atomic mass is 32.2. The van der Waals surface area contributed by atoms with Gasteiger partial charge in [0.15, 0.2) is 0 Å². The van der Waals surface area contributed by atoms with Gasteiger partial charge in [0.05, 0.1) is 21.4 Å². The summed E-state index contributed by atoms with van der Waals surface area (Å²) in [7, 11) is 3.62. The third-order valence-corrected chi connectivity index (χ3v) is 7.49. The topological polar surface area (TPSA) is 57.7 Å². The molecule has 5 rings (SSSR count). The van der Waals surface area contributed by atoms with Crippen molar-refractivity contribution in [3.63, 3.8) is 0 Å². The molecule has 0 bridgehead atoms. The molecule has 0 amide bonds. The average molecular weight is 406 g/mol. The Morgan fingerprint density at radius 2 is 1.00 bits per heavy atom. The van der Waals surface area contributed by atoms with Crippen LogP contribution < -0.4 is 36.5 Å². The predicted molar refractivity (Wildman–Crippen MR) is 115 cm³/mol. The first-order valence-electron chi connectivity index (χ1n) is 8.62. The minimum absolute atomic E-state index is 0.0267. The van der Waals surface area contributed by atoms with Crippen molar-refractivity contribution in [3.8, 4) is 0 Å². The van der Waals surface area contributed by atoms with Crippen LogP contribution in [-0.2, 0) is 0 Å². The van der Waals surface area contributed by atoms with Gasteiger partial charge in [0, 0.05) is 23.9 Å². The largest absolute Gasteiger partial charge is 0.337 e. The summed E-state index contributed by atoms with van der Waals surface area (Å²) < 4.78 is 0. The average Bonchev–Trinajstić information content (AvgIpc) is 3.27. The van der Waals surface area contributed by atoms with Crippen molar-refractivity contribution in [1.29, 1.82) is 0 Å². The Bertz CT molecular complexity index is 1320. The lowest BCUT2D eigenvalue weighted by atomic mass is 10.3. The fourth-order valence-electron chi connectivity index (χ4n) is 3.59. The van der Waals surface area contributed by atoms with Crippen LogP contribution in [0.5, 0.6) is 0 Å². The molecule has 7 heteroatoms. The molecule has 2 aliphatic rings. The van der Waals surface area contributed by atoms with Crippen LogP contribution in [0.1, 0.15) is 0 Å². The van der Waals surface area contributed by atoms with Gasteiger partial charge in [-0.05, 0) is 24.3 Å². The van der Waals surface area contributed by atoms with Crippen LogP contribution in [0.3, 0.4) is 0 Å². The van der Waals surface area contributed by atoms with Gasteiger partial charge in [-0.3, -0.25) is 14.4 Å². The number of nitrogens with zero attached hydrogens (tertiary/aromatic N) is 2. The Morgan fingerprint density at radius 1 is 0.607 bits per heavy atom. The fourth-order valence-corrected chi connectivity index (χ4v) is 5.96. The van der Waals surface area contributed by atoms with Gasteiger partial charge in [0.1, 0.15) is 10.4 Å². The standard InChI is InChI=1S/C21H14N2O3S2/c1-22-11-7-3-5-9-13(11)27-20(22)15-17(24)16(19(26)18(15)25)21-23(2)12-8-4-6-10-14(12)28-21/h3-10H,1-2H3/b20-15-,21-16+. The summed E-state index contributed by atoms with van der Waals surface area (Å²) in [5.41, 5.74) is -0.0913. The molecular formula is C21H14N2O3S2. The Balaban J connectivity index is 1.83. The number of hydrogen-bond donors (Lipinski definition) is 0. The minimum atomic E-state index is -0.723. The maximum atomic E-state index is 13.3. The van der Waals surface area contributed by atoms with Crippen LogP contribution in [0.25, 0.3) is 10.1 Å². The Kier molecular flexibility index (Phi) is 3.79. The number of para-hydroxylation sites is 2. The molecule has 0 spiro atoms. The number of hydrogen-bond acceptors (Lipinski definition) is 7. The summed E-state index contributed by atoms with van der Waals surface area (Å²) in [6.45, 7) is 0. The minimum Gasteiger partial charge on any atom is -0.337 e. The molecule has 2 heterocycles. The van der Waals surface area contributed by atoms with E-state index in [-0.39, 0.29) is 10.4 Å². The Hall–Kier alpha value is -2.77.